The summed E-state index contributed by atoms with van der Waals surface area (Å²) in [5.74, 6) is -0.264. The molecule has 0 spiro atoms. The fraction of sp³-hybridized carbons (Fsp3) is 0.286. The van der Waals surface area contributed by atoms with E-state index in [1.807, 2.05) is 37.3 Å². The summed E-state index contributed by atoms with van der Waals surface area (Å²) in [6, 6.07) is 12.1. The number of nitrogens with zero attached hydrogens (tertiary/aromatic N) is 4. The number of carbonyl (C=O) groups excluding carboxylic acids is 2. The van der Waals surface area contributed by atoms with E-state index in [1.165, 1.54) is 4.68 Å². The molecule has 8 nitrogen and oxygen atoms in total. The molecule has 3 aromatic rings. The Hall–Kier alpha value is -2.62. The van der Waals surface area contributed by atoms with E-state index in [-0.39, 0.29) is 18.9 Å². The second-order valence-electron chi connectivity index (χ2n) is 6.91. The second kappa shape index (κ2) is 11.3. The van der Waals surface area contributed by atoms with Gasteiger partial charge in [0.15, 0.2) is 5.78 Å². The first-order valence-corrected chi connectivity index (χ1v) is 11.3. The number of ether oxygens (including phenoxy) is 1. The lowest BCUT2D eigenvalue weighted by Gasteiger charge is -2.16. The van der Waals surface area contributed by atoms with Crippen molar-refractivity contribution in [1.82, 2.24) is 25.5 Å². The number of rotatable bonds is 9. The number of carbonyl (C=O) groups is 2. The maximum Gasteiger partial charge on any atom is 0.408 e. The molecule has 1 heterocycles. The first-order chi connectivity index (χ1) is 15.4. The molecule has 11 heteroatoms. The summed E-state index contributed by atoms with van der Waals surface area (Å²) in [4.78, 5) is 25.5. The molecule has 0 aliphatic heterocycles. The van der Waals surface area contributed by atoms with Gasteiger partial charge in [-0.15, -0.1) is 5.10 Å². The van der Waals surface area contributed by atoms with Crippen LogP contribution in [-0.4, -0.2) is 38.1 Å². The summed E-state index contributed by atoms with van der Waals surface area (Å²) in [7, 11) is 0. The molecule has 3 rings (SSSR count). The number of benzene rings is 2. The van der Waals surface area contributed by atoms with Crippen molar-refractivity contribution in [3.63, 3.8) is 0 Å². The van der Waals surface area contributed by atoms with Crippen molar-refractivity contribution in [2.24, 2.45) is 0 Å². The third-order valence-electron chi connectivity index (χ3n) is 4.44. The maximum absolute atomic E-state index is 12.8. The lowest BCUT2D eigenvalue weighted by molar-refractivity contribution is -0.122. The number of aryl methyl sites for hydroxylation is 1. The maximum atomic E-state index is 12.8. The zero-order valence-corrected chi connectivity index (χ0v) is 19.7. The van der Waals surface area contributed by atoms with E-state index >= 15 is 0 Å². The highest BCUT2D eigenvalue weighted by Crippen LogP contribution is 2.38. The molecule has 0 aliphatic rings. The van der Waals surface area contributed by atoms with Crippen LogP contribution in [0.5, 0.6) is 0 Å². The van der Waals surface area contributed by atoms with Crippen LogP contribution in [0.3, 0.4) is 0 Å². The highest BCUT2D eigenvalue weighted by Gasteiger charge is 2.23. The van der Waals surface area contributed by atoms with Gasteiger partial charge in [0.1, 0.15) is 13.2 Å². The van der Waals surface area contributed by atoms with Crippen LogP contribution in [0.2, 0.25) is 10.0 Å². The highest BCUT2D eigenvalue weighted by molar-refractivity contribution is 7.99. The van der Waals surface area contributed by atoms with Gasteiger partial charge < -0.3 is 10.1 Å². The Morgan fingerprint density at radius 2 is 1.88 bits per heavy atom. The molecule has 1 aromatic heterocycles. The van der Waals surface area contributed by atoms with Gasteiger partial charge in [0.2, 0.25) is 5.16 Å². The minimum absolute atomic E-state index is 0.114. The number of nitrogens with one attached hydrogen (secondary N) is 1. The van der Waals surface area contributed by atoms with Gasteiger partial charge in [-0.25, -0.2) is 9.48 Å². The van der Waals surface area contributed by atoms with Crippen LogP contribution >= 0.6 is 35.0 Å². The minimum atomic E-state index is -0.744. The Morgan fingerprint density at radius 3 is 2.53 bits per heavy atom. The van der Waals surface area contributed by atoms with Crippen LogP contribution in [0.4, 0.5) is 4.79 Å². The van der Waals surface area contributed by atoms with Crippen molar-refractivity contribution in [3.05, 3.63) is 63.6 Å². The fourth-order valence-electron chi connectivity index (χ4n) is 2.82. The van der Waals surface area contributed by atoms with E-state index in [1.54, 1.807) is 19.1 Å². The molecular formula is C21H21Cl2N5O3S. The van der Waals surface area contributed by atoms with Gasteiger partial charge in [-0.1, -0.05) is 60.5 Å². The van der Waals surface area contributed by atoms with Gasteiger partial charge in [-0.2, -0.15) is 0 Å². The molecule has 0 radical (unpaired) electrons. The van der Waals surface area contributed by atoms with Crippen LogP contribution in [0.15, 0.2) is 52.5 Å². The molecule has 32 heavy (non-hydrogen) atoms. The zero-order valence-electron chi connectivity index (χ0n) is 17.4. The number of aromatic nitrogens is 4. The van der Waals surface area contributed by atoms with E-state index in [0.717, 1.165) is 22.9 Å². The molecule has 0 aliphatic carbocycles. The second-order valence-corrected chi connectivity index (χ2v) is 8.70. The summed E-state index contributed by atoms with van der Waals surface area (Å²) >= 11 is 13.8. The summed E-state index contributed by atoms with van der Waals surface area (Å²) in [5, 5.41) is 15.4. The molecule has 1 atom stereocenters. The van der Waals surface area contributed by atoms with Crippen molar-refractivity contribution in [1.29, 1.82) is 0 Å². The normalized spacial score (nSPS) is 11.8. The minimum Gasteiger partial charge on any atom is -0.445 e. The number of tetrazole rings is 1. The van der Waals surface area contributed by atoms with Gasteiger partial charge in [0.05, 0.1) is 21.0 Å². The van der Waals surface area contributed by atoms with Gasteiger partial charge in [-0.3, -0.25) is 4.79 Å². The molecule has 1 unspecified atom stereocenters. The average molecular weight is 494 g/mol. The van der Waals surface area contributed by atoms with Crippen molar-refractivity contribution in [2.75, 3.05) is 0 Å². The summed E-state index contributed by atoms with van der Waals surface area (Å²) in [6.45, 7) is 3.66. The summed E-state index contributed by atoms with van der Waals surface area (Å²) in [6.07, 6.45) is -0.280. The Kier molecular flexibility index (Phi) is 8.49. The first kappa shape index (κ1) is 24.0. The predicted molar refractivity (Wildman–Crippen MR) is 122 cm³/mol. The molecule has 0 saturated carbocycles. The van der Waals surface area contributed by atoms with Crippen LogP contribution in [0.1, 0.15) is 24.5 Å². The van der Waals surface area contributed by atoms with E-state index < -0.39 is 12.1 Å². The number of Topliss-reactive ketones (excluding diaryl/α,β-unsaturated/α-hetero) is 1. The molecule has 0 bridgehead atoms. The Bertz CT molecular complexity index is 1070. The van der Waals surface area contributed by atoms with Gasteiger partial charge >= 0.3 is 6.09 Å². The van der Waals surface area contributed by atoms with Crippen LogP contribution in [-0.2, 0) is 22.7 Å². The third-order valence-corrected chi connectivity index (χ3v) is 6.38. The fourth-order valence-corrected chi connectivity index (χ4v) is 4.43. The Morgan fingerprint density at radius 1 is 1.19 bits per heavy atom. The van der Waals surface area contributed by atoms with Crippen molar-refractivity contribution < 1.29 is 14.3 Å². The highest BCUT2D eigenvalue weighted by atomic mass is 35.5. The molecule has 2 aromatic carbocycles. The van der Waals surface area contributed by atoms with Crippen molar-refractivity contribution in [2.45, 2.75) is 49.5 Å². The van der Waals surface area contributed by atoms with Crippen molar-refractivity contribution in [3.8, 4) is 0 Å². The third kappa shape index (κ3) is 6.44. The number of hydrogen-bond acceptors (Lipinski definition) is 7. The van der Waals surface area contributed by atoms with Crippen molar-refractivity contribution >= 4 is 46.8 Å². The quantitative estimate of drug-likeness (QED) is 0.460. The lowest BCUT2D eigenvalue weighted by atomic mass is 10.1. The Labute approximate surface area is 199 Å². The predicted octanol–water partition coefficient (Wildman–Crippen LogP) is 4.71. The van der Waals surface area contributed by atoms with Gasteiger partial charge in [0, 0.05) is 0 Å². The molecule has 1 N–H and O–H groups in total. The molecular weight excluding hydrogens is 473 g/mol. The van der Waals surface area contributed by atoms with Gasteiger partial charge in [-0.05, 0) is 58.8 Å². The number of hydrogen-bond donors (Lipinski definition) is 1. The number of halogens is 2. The number of ketones is 1. The topological polar surface area (TPSA) is 99.0 Å². The molecule has 1 amide bonds. The van der Waals surface area contributed by atoms with Gasteiger partial charge in [0.25, 0.3) is 0 Å². The summed E-state index contributed by atoms with van der Waals surface area (Å²) < 4.78 is 6.55. The molecule has 0 fully saturated rings. The van der Waals surface area contributed by atoms with E-state index in [2.05, 4.69) is 20.8 Å². The van der Waals surface area contributed by atoms with Crippen LogP contribution in [0, 0.1) is 6.92 Å². The number of alkyl carbamates (subject to hydrolysis) is 1. The van der Waals surface area contributed by atoms with E-state index in [9.17, 15) is 9.59 Å². The number of amides is 1. The first-order valence-electron chi connectivity index (χ1n) is 9.77. The Balaban J connectivity index is 1.61. The van der Waals surface area contributed by atoms with Crippen LogP contribution in [0.25, 0.3) is 0 Å². The average Bonchev–Trinajstić information content (AvgIpc) is 3.20. The zero-order chi connectivity index (χ0) is 23.1. The lowest BCUT2D eigenvalue weighted by Crippen LogP contribution is -2.42. The summed E-state index contributed by atoms with van der Waals surface area (Å²) in [5.41, 5.74) is 1.78. The SMILES string of the molecule is CCC(NC(=O)OCc1ccccc1)C(=O)Cn1nnnc1Sc1c(Cl)cc(C)cc1Cl. The van der Waals surface area contributed by atoms with E-state index in [0.29, 0.717) is 26.5 Å². The standard InChI is InChI=1S/C21H21Cl2N5O3S/c1-3-17(24-21(30)31-12-14-7-5-4-6-8-14)18(29)11-28-20(25-26-27-28)32-19-15(22)9-13(2)10-16(19)23/h4-10,17H,3,11-12H2,1-2H3,(H,24,30). The molecule has 168 valence electrons. The smallest absolute Gasteiger partial charge is 0.408 e. The monoisotopic (exact) mass is 493 g/mol. The largest absolute Gasteiger partial charge is 0.445 e. The molecule has 0 saturated heterocycles. The van der Waals surface area contributed by atoms with Crippen LogP contribution < -0.4 is 5.32 Å². The van der Waals surface area contributed by atoms with E-state index in [4.69, 9.17) is 27.9 Å².